The number of methoxy groups -OCH3 is 1. The lowest BCUT2D eigenvalue weighted by Gasteiger charge is -2.05. The highest BCUT2D eigenvalue weighted by Crippen LogP contribution is 2.12. The van der Waals surface area contributed by atoms with Crippen LogP contribution < -0.4 is 5.32 Å². The molecule has 1 aromatic rings. The zero-order valence-corrected chi connectivity index (χ0v) is 8.83. The number of ether oxygens (including phenoxy) is 1. The van der Waals surface area contributed by atoms with E-state index >= 15 is 0 Å². The predicted octanol–water partition coefficient (Wildman–Crippen LogP) is 1.72. The standard InChI is InChI=1S/C11H12FNO3/c1-16-11(15)7-6-10(14)13-9-5-3-2-4-8(9)12/h2-5H,6-7H2,1H3,(H,13,14). The van der Waals surface area contributed by atoms with Gasteiger partial charge in [0.1, 0.15) is 5.82 Å². The van der Waals surface area contributed by atoms with Crippen LogP contribution in [0.5, 0.6) is 0 Å². The SMILES string of the molecule is COC(=O)CCC(=O)Nc1ccccc1F. The maximum Gasteiger partial charge on any atom is 0.306 e. The lowest BCUT2D eigenvalue weighted by molar-refractivity contribution is -0.141. The fourth-order valence-electron chi connectivity index (χ4n) is 1.09. The average Bonchev–Trinajstić information content (AvgIpc) is 2.29. The third kappa shape index (κ3) is 3.68. The highest BCUT2D eigenvalue weighted by Gasteiger charge is 2.08. The van der Waals surface area contributed by atoms with E-state index in [1.54, 1.807) is 6.07 Å². The molecule has 1 amide bonds. The first-order valence-electron chi connectivity index (χ1n) is 4.74. The zero-order valence-electron chi connectivity index (χ0n) is 8.83. The zero-order chi connectivity index (χ0) is 12.0. The van der Waals surface area contributed by atoms with E-state index in [1.807, 2.05) is 0 Å². The van der Waals surface area contributed by atoms with Crippen LogP contribution in [-0.4, -0.2) is 19.0 Å². The molecule has 1 N–H and O–H groups in total. The van der Waals surface area contributed by atoms with Gasteiger partial charge in [-0.3, -0.25) is 9.59 Å². The summed E-state index contributed by atoms with van der Waals surface area (Å²) in [6, 6.07) is 5.83. The highest BCUT2D eigenvalue weighted by molar-refractivity contribution is 5.92. The van der Waals surface area contributed by atoms with Crippen LogP contribution in [0.3, 0.4) is 0 Å². The van der Waals surface area contributed by atoms with Crippen LogP contribution in [-0.2, 0) is 14.3 Å². The minimum Gasteiger partial charge on any atom is -0.469 e. The summed E-state index contributed by atoms with van der Waals surface area (Å²) >= 11 is 0. The second-order valence-electron chi connectivity index (χ2n) is 3.10. The fraction of sp³-hybridized carbons (Fsp3) is 0.273. The minimum absolute atomic E-state index is 0.0171. The molecule has 16 heavy (non-hydrogen) atoms. The summed E-state index contributed by atoms with van der Waals surface area (Å²) in [4.78, 5) is 22.1. The molecule has 0 fully saturated rings. The molecule has 0 radical (unpaired) electrons. The van der Waals surface area contributed by atoms with Gasteiger partial charge in [0.15, 0.2) is 0 Å². The van der Waals surface area contributed by atoms with Crippen molar-refractivity contribution < 1.29 is 18.7 Å². The Hall–Kier alpha value is -1.91. The number of nitrogens with one attached hydrogen (secondary N) is 1. The molecule has 0 aliphatic carbocycles. The van der Waals surface area contributed by atoms with E-state index in [1.165, 1.54) is 25.3 Å². The third-order valence-corrected chi connectivity index (χ3v) is 1.93. The van der Waals surface area contributed by atoms with Gasteiger partial charge in [0.05, 0.1) is 19.2 Å². The van der Waals surface area contributed by atoms with E-state index in [-0.39, 0.29) is 18.5 Å². The number of hydrogen-bond acceptors (Lipinski definition) is 3. The van der Waals surface area contributed by atoms with Gasteiger partial charge in [0.2, 0.25) is 5.91 Å². The Balaban J connectivity index is 2.46. The van der Waals surface area contributed by atoms with Crippen molar-refractivity contribution in [3.05, 3.63) is 30.1 Å². The normalized spacial score (nSPS) is 9.62. The lowest BCUT2D eigenvalue weighted by atomic mass is 10.2. The Morgan fingerprint density at radius 2 is 2.00 bits per heavy atom. The van der Waals surface area contributed by atoms with Gasteiger partial charge in [-0.2, -0.15) is 0 Å². The fourth-order valence-corrected chi connectivity index (χ4v) is 1.09. The molecule has 0 aromatic heterocycles. The molecular weight excluding hydrogens is 213 g/mol. The number of carbonyl (C=O) groups excluding carboxylic acids is 2. The Bertz CT molecular complexity index is 393. The van der Waals surface area contributed by atoms with Crippen molar-refractivity contribution in [1.29, 1.82) is 0 Å². The molecule has 0 unspecified atom stereocenters. The van der Waals surface area contributed by atoms with Crippen molar-refractivity contribution >= 4 is 17.6 Å². The van der Waals surface area contributed by atoms with Crippen LogP contribution in [0.15, 0.2) is 24.3 Å². The number of rotatable bonds is 4. The molecule has 0 spiro atoms. The van der Waals surface area contributed by atoms with Gasteiger partial charge in [-0.1, -0.05) is 12.1 Å². The summed E-state index contributed by atoms with van der Waals surface area (Å²) in [6.45, 7) is 0. The molecular formula is C11H12FNO3. The number of hydrogen-bond donors (Lipinski definition) is 1. The quantitative estimate of drug-likeness (QED) is 0.794. The van der Waals surface area contributed by atoms with Gasteiger partial charge in [-0.05, 0) is 12.1 Å². The van der Waals surface area contributed by atoms with Crippen LogP contribution >= 0.6 is 0 Å². The molecule has 86 valence electrons. The number of para-hydroxylation sites is 1. The van der Waals surface area contributed by atoms with Crippen LogP contribution in [0.25, 0.3) is 0 Å². The molecule has 0 heterocycles. The van der Waals surface area contributed by atoms with E-state index in [2.05, 4.69) is 10.1 Å². The van der Waals surface area contributed by atoms with Crippen LogP contribution in [0.4, 0.5) is 10.1 Å². The Morgan fingerprint density at radius 1 is 1.31 bits per heavy atom. The smallest absolute Gasteiger partial charge is 0.306 e. The van der Waals surface area contributed by atoms with E-state index in [9.17, 15) is 14.0 Å². The Morgan fingerprint density at radius 3 is 2.62 bits per heavy atom. The van der Waals surface area contributed by atoms with Gasteiger partial charge in [0.25, 0.3) is 0 Å². The molecule has 0 atom stereocenters. The van der Waals surface area contributed by atoms with Gasteiger partial charge >= 0.3 is 5.97 Å². The molecule has 0 saturated carbocycles. The van der Waals surface area contributed by atoms with Gasteiger partial charge in [0, 0.05) is 6.42 Å². The van der Waals surface area contributed by atoms with Crippen molar-refractivity contribution in [3.63, 3.8) is 0 Å². The van der Waals surface area contributed by atoms with Crippen LogP contribution in [0.1, 0.15) is 12.8 Å². The average molecular weight is 225 g/mol. The second kappa shape index (κ2) is 5.85. The molecule has 5 heteroatoms. The van der Waals surface area contributed by atoms with Crippen LogP contribution in [0.2, 0.25) is 0 Å². The molecule has 1 aromatic carbocycles. The number of esters is 1. The monoisotopic (exact) mass is 225 g/mol. The number of carbonyl (C=O) groups is 2. The summed E-state index contributed by atoms with van der Waals surface area (Å²) in [7, 11) is 1.25. The second-order valence-corrected chi connectivity index (χ2v) is 3.10. The number of amides is 1. The number of halogens is 1. The summed E-state index contributed by atoms with van der Waals surface area (Å²) < 4.78 is 17.5. The maximum atomic E-state index is 13.1. The number of benzene rings is 1. The summed E-state index contributed by atoms with van der Waals surface area (Å²) in [5.41, 5.74) is 0.109. The van der Waals surface area contributed by atoms with Crippen LogP contribution in [0, 0.1) is 5.82 Å². The molecule has 4 nitrogen and oxygen atoms in total. The molecule has 0 bridgehead atoms. The molecule has 0 aliphatic heterocycles. The lowest BCUT2D eigenvalue weighted by Crippen LogP contribution is -2.14. The van der Waals surface area contributed by atoms with Crippen molar-refractivity contribution in [2.75, 3.05) is 12.4 Å². The minimum atomic E-state index is -0.506. The van der Waals surface area contributed by atoms with E-state index in [4.69, 9.17) is 0 Å². The third-order valence-electron chi connectivity index (χ3n) is 1.93. The first kappa shape index (κ1) is 12.2. The maximum absolute atomic E-state index is 13.1. The first-order chi connectivity index (χ1) is 7.63. The Kier molecular flexibility index (Phi) is 4.44. The number of anilines is 1. The van der Waals surface area contributed by atoms with Crippen molar-refractivity contribution in [1.82, 2.24) is 0 Å². The molecule has 0 saturated heterocycles. The first-order valence-corrected chi connectivity index (χ1v) is 4.74. The van der Waals surface area contributed by atoms with Gasteiger partial charge in [-0.25, -0.2) is 4.39 Å². The van der Waals surface area contributed by atoms with E-state index in [0.29, 0.717) is 0 Å². The molecule has 0 aliphatic rings. The predicted molar refractivity (Wildman–Crippen MR) is 56.3 cm³/mol. The van der Waals surface area contributed by atoms with Gasteiger partial charge < -0.3 is 10.1 Å². The van der Waals surface area contributed by atoms with Crippen molar-refractivity contribution in [2.24, 2.45) is 0 Å². The van der Waals surface area contributed by atoms with E-state index in [0.717, 1.165) is 0 Å². The summed E-state index contributed by atoms with van der Waals surface area (Å²) in [5.74, 6) is -1.40. The van der Waals surface area contributed by atoms with E-state index < -0.39 is 17.7 Å². The summed E-state index contributed by atoms with van der Waals surface area (Å²) in [5, 5.41) is 2.37. The summed E-state index contributed by atoms with van der Waals surface area (Å²) in [6.07, 6.45) is -0.0439. The highest BCUT2D eigenvalue weighted by atomic mass is 19.1. The largest absolute Gasteiger partial charge is 0.469 e. The van der Waals surface area contributed by atoms with Crippen molar-refractivity contribution in [3.8, 4) is 0 Å². The van der Waals surface area contributed by atoms with Gasteiger partial charge in [-0.15, -0.1) is 0 Å². The topological polar surface area (TPSA) is 55.4 Å². The molecule has 1 rings (SSSR count). The van der Waals surface area contributed by atoms with Crippen molar-refractivity contribution in [2.45, 2.75) is 12.8 Å². The Labute approximate surface area is 92.4 Å².